The predicted molar refractivity (Wildman–Crippen MR) is 121 cm³/mol. The third kappa shape index (κ3) is 5.93. The third-order valence-electron chi connectivity index (χ3n) is 4.87. The van der Waals surface area contributed by atoms with Gasteiger partial charge in [-0.05, 0) is 49.2 Å². The van der Waals surface area contributed by atoms with E-state index in [0.29, 0.717) is 11.3 Å². The second kappa shape index (κ2) is 10.7. The number of halogens is 2. The van der Waals surface area contributed by atoms with Crippen LogP contribution in [0.15, 0.2) is 60.7 Å². The van der Waals surface area contributed by atoms with Crippen molar-refractivity contribution >= 4 is 11.7 Å². The molecule has 172 valence electrons. The molecule has 0 bridgehead atoms. The normalized spacial score (nSPS) is 11.6. The van der Waals surface area contributed by atoms with Gasteiger partial charge in [0.2, 0.25) is 0 Å². The van der Waals surface area contributed by atoms with Gasteiger partial charge < -0.3 is 20.5 Å². The zero-order valence-electron chi connectivity index (χ0n) is 18.3. The van der Waals surface area contributed by atoms with Gasteiger partial charge in [0.15, 0.2) is 17.7 Å². The Morgan fingerprint density at radius 1 is 1.12 bits per heavy atom. The molecule has 0 aliphatic carbocycles. The summed E-state index contributed by atoms with van der Waals surface area (Å²) in [5.41, 5.74) is 7.10. The molecule has 0 saturated heterocycles. The molecular weight excluding hydrogens is 428 g/mol. The molecule has 3 rings (SSSR count). The van der Waals surface area contributed by atoms with E-state index < -0.39 is 29.2 Å². The standard InChI is InChI=1S/C25H25F2N3O3/c1-3-32-23(25(31)30-14-16-7-9-17(10-8-16)24(28)29)21-19(26)11-12-20(22(21)27)33-18-6-4-5-15(2)13-18/h4-13,23H,3,14H2,1-2H3,(H3,28,29)(H,30,31)/t23-/m0/s1. The van der Waals surface area contributed by atoms with E-state index >= 15 is 4.39 Å². The highest BCUT2D eigenvalue weighted by molar-refractivity contribution is 5.94. The monoisotopic (exact) mass is 453 g/mol. The number of rotatable bonds is 9. The number of nitrogen functional groups attached to an aromatic ring is 1. The maximum Gasteiger partial charge on any atom is 0.254 e. The lowest BCUT2D eigenvalue weighted by atomic mass is 10.1. The second-order valence-electron chi connectivity index (χ2n) is 7.36. The second-order valence-corrected chi connectivity index (χ2v) is 7.36. The SMILES string of the molecule is CCO[C@H](C(=O)NCc1ccc(C(=N)N)cc1)c1c(F)ccc(Oc2cccc(C)c2)c1F. The van der Waals surface area contributed by atoms with Gasteiger partial charge >= 0.3 is 0 Å². The van der Waals surface area contributed by atoms with E-state index in [9.17, 15) is 9.18 Å². The van der Waals surface area contributed by atoms with E-state index in [1.165, 1.54) is 6.07 Å². The summed E-state index contributed by atoms with van der Waals surface area (Å²) >= 11 is 0. The lowest BCUT2D eigenvalue weighted by Gasteiger charge is -2.20. The van der Waals surface area contributed by atoms with Gasteiger partial charge in [-0.3, -0.25) is 10.2 Å². The molecule has 1 atom stereocenters. The number of amides is 1. The first-order valence-corrected chi connectivity index (χ1v) is 10.3. The van der Waals surface area contributed by atoms with Crippen LogP contribution in [0.4, 0.5) is 8.78 Å². The molecule has 0 saturated carbocycles. The number of aryl methyl sites for hydroxylation is 1. The van der Waals surface area contributed by atoms with Crippen molar-refractivity contribution in [2.45, 2.75) is 26.5 Å². The Labute approximate surface area is 190 Å². The number of amidine groups is 1. The number of nitrogens with two attached hydrogens (primary N) is 1. The summed E-state index contributed by atoms with van der Waals surface area (Å²) in [5, 5.41) is 10.1. The van der Waals surface area contributed by atoms with Crippen molar-refractivity contribution in [2.24, 2.45) is 5.73 Å². The van der Waals surface area contributed by atoms with Crippen LogP contribution in [0.2, 0.25) is 0 Å². The summed E-state index contributed by atoms with van der Waals surface area (Å²) in [7, 11) is 0. The van der Waals surface area contributed by atoms with Gasteiger partial charge in [0.1, 0.15) is 17.4 Å². The van der Waals surface area contributed by atoms with Crippen LogP contribution in [0, 0.1) is 24.0 Å². The number of ether oxygens (including phenoxy) is 2. The summed E-state index contributed by atoms with van der Waals surface area (Å²) in [6.45, 7) is 3.66. The molecule has 4 N–H and O–H groups in total. The highest BCUT2D eigenvalue weighted by Crippen LogP contribution is 2.33. The van der Waals surface area contributed by atoms with Crippen LogP contribution in [0.3, 0.4) is 0 Å². The summed E-state index contributed by atoms with van der Waals surface area (Å²) in [5.74, 6) is -2.51. The van der Waals surface area contributed by atoms with Crippen LogP contribution < -0.4 is 15.8 Å². The molecule has 0 radical (unpaired) electrons. The van der Waals surface area contributed by atoms with Gasteiger partial charge in [-0.25, -0.2) is 8.78 Å². The Hall–Kier alpha value is -3.78. The fourth-order valence-corrected chi connectivity index (χ4v) is 3.22. The first-order valence-electron chi connectivity index (χ1n) is 10.3. The van der Waals surface area contributed by atoms with Gasteiger partial charge in [0.05, 0.1) is 5.56 Å². The van der Waals surface area contributed by atoms with Gasteiger partial charge in [-0.2, -0.15) is 0 Å². The van der Waals surface area contributed by atoms with Crippen molar-refractivity contribution in [3.8, 4) is 11.5 Å². The zero-order chi connectivity index (χ0) is 24.0. The summed E-state index contributed by atoms with van der Waals surface area (Å²) in [4.78, 5) is 12.8. The molecule has 0 aliphatic heterocycles. The molecule has 3 aromatic carbocycles. The van der Waals surface area contributed by atoms with Crippen molar-refractivity contribution in [1.82, 2.24) is 5.32 Å². The number of benzene rings is 3. The first kappa shape index (κ1) is 23.9. The number of nitrogens with one attached hydrogen (secondary N) is 2. The minimum atomic E-state index is -1.51. The van der Waals surface area contributed by atoms with Crippen molar-refractivity contribution in [1.29, 1.82) is 5.41 Å². The lowest BCUT2D eigenvalue weighted by molar-refractivity contribution is -0.133. The van der Waals surface area contributed by atoms with Crippen LogP contribution in [0.5, 0.6) is 11.5 Å². The quantitative estimate of drug-likeness (QED) is 0.322. The predicted octanol–water partition coefficient (Wildman–Crippen LogP) is 4.74. The molecule has 6 nitrogen and oxygen atoms in total. The Morgan fingerprint density at radius 3 is 2.48 bits per heavy atom. The minimum absolute atomic E-state index is 0.0627. The number of carbonyl (C=O) groups is 1. The van der Waals surface area contributed by atoms with E-state index in [-0.39, 0.29) is 24.7 Å². The first-order chi connectivity index (χ1) is 15.8. The molecule has 3 aromatic rings. The smallest absolute Gasteiger partial charge is 0.254 e. The Balaban J connectivity index is 1.82. The van der Waals surface area contributed by atoms with Crippen molar-refractivity contribution < 1.29 is 23.0 Å². The van der Waals surface area contributed by atoms with Crippen molar-refractivity contribution in [3.63, 3.8) is 0 Å². The van der Waals surface area contributed by atoms with E-state index in [4.69, 9.17) is 20.6 Å². The Morgan fingerprint density at radius 2 is 1.85 bits per heavy atom. The Kier molecular flexibility index (Phi) is 7.74. The van der Waals surface area contributed by atoms with Gasteiger partial charge in [-0.1, -0.05) is 36.4 Å². The van der Waals surface area contributed by atoms with Crippen LogP contribution in [0.25, 0.3) is 0 Å². The molecule has 33 heavy (non-hydrogen) atoms. The molecule has 0 fully saturated rings. The van der Waals surface area contributed by atoms with Gasteiger partial charge in [0, 0.05) is 18.7 Å². The highest BCUT2D eigenvalue weighted by atomic mass is 19.1. The van der Waals surface area contributed by atoms with E-state index in [2.05, 4.69) is 5.32 Å². The average molecular weight is 453 g/mol. The number of hydrogen-bond donors (Lipinski definition) is 3. The van der Waals surface area contributed by atoms with E-state index in [1.54, 1.807) is 49.4 Å². The van der Waals surface area contributed by atoms with E-state index in [1.807, 2.05) is 13.0 Å². The van der Waals surface area contributed by atoms with Crippen LogP contribution >= 0.6 is 0 Å². The van der Waals surface area contributed by atoms with Gasteiger partial charge in [-0.15, -0.1) is 0 Å². The number of hydrogen-bond acceptors (Lipinski definition) is 4. The maximum absolute atomic E-state index is 15.3. The lowest BCUT2D eigenvalue weighted by Crippen LogP contribution is -2.31. The molecule has 0 unspecified atom stereocenters. The molecule has 0 spiro atoms. The van der Waals surface area contributed by atoms with Crippen molar-refractivity contribution in [3.05, 3.63) is 94.6 Å². The molecule has 0 aliphatic rings. The summed E-state index contributed by atoms with van der Waals surface area (Å²) in [6.07, 6.45) is -1.51. The minimum Gasteiger partial charge on any atom is -0.454 e. The fourth-order valence-electron chi connectivity index (χ4n) is 3.22. The Bertz CT molecular complexity index is 1150. The van der Waals surface area contributed by atoms with Crippen molar-refractivity contribution in [2.75, 3.05) is 6.61 Å². The summed E-state index contributed by atoms with van der Waals surface area (Å²) in [6, 6.07) is 15.9. The average Bonchev–Trinajstić information content (AvgIpc) is 2.79. The largest absolute Gasteiger partial charge is 0.454 e. The molecule has 1 amide bonds. The van der Waals surface area contributed by atoms with Gasteiger partial charge in [0.25, 0.3) is 5.91 Å². The molecule has 0 heterocycles. The molecule has 0 aromatic heterocycles. The van der Waals surface area contributed by atoms with E-state index in [0.717, 1.165) is 17.2 Å². The molecular formula is C25H25F2N3O3. The summed E-state index contributed by atoms with van der Waals surface area (Å²) < 4.78 is 41.0. The molecule has 8 heteroatoms. The maximum atomic E-state index is 15.3. The number of carbonyl (C=O) groups excluding carboxylic acids is 1. The third-order valence-corrected chi connectivity index (χ3v) is 4.87. The highest BCUT2D eigenvalue weighted by Gasteiger charge is 2.30. The van der Waals surface area contributed by atoms with Crippen LogP contribution in [0.1, 0.15) is 35.3 Å². The van der Waals surface area contributed by atoms with Crippen LogP contribution in [-0.2, 0) is 16.1 Å². The van der Waals surface area contributed by atoms with Crippen LogP contribution in [-0.4, -0.2) is 18.3 Å². The topological polar surface area (TPSA) is 97.4 Å². The zero-order valence-corrected chi connectivity index (χ0v) is 18.3. The fraction of sp³-hybridized carbons (Fsp3) is 0.200.